The molecule has 0 radical (unpaired) electrons. The van der Waals surface area contributed by atoms with Gasteiger partial charge in [-0.05, 0) is 36.8 Å². The molecule has 5 aromatic rings. The van der Waals surface area contributed by atoms with Gasteiger partial charge in [-0.2, -0.15) is 0 Å². The van der Waals surface area contributed by atoms with E-state index in [1.165, 1.54) is 5.56 Å². The molecule has 1 N–H and O–H groups in total. The summed E-state index contributed by atoms with van der Waals surface area (Å²) in [5.74, 6) is 1.04. The van der Waals surface area contributed by atoms with E-state index in [1.807, 2.05) is 60.7 Å². The standard InChI is InChI=1S/C26H21NO3S/c28-31(29,25-15-7-9-17-8-1-2-10-18(17)25)27-23-16-22-20-12-5-6-14-24(20)30-26(22)21-13-4-3-11-19(21)23/h1-4,7-11,13,15-16,27H,5-6,12,14H2. The van der Waals surface area contributed by atoms with Crippen molar-refractivity contribution < 1.29 is 12.8 Å². The summed E-state index contributed by atoms with van der Waals surface area (Å²) in [6, 6.07) is 22.7. The Morgan fingerprint density at radius 3 is 2.32 bits per heavy atom. The number of benzene rings is 4. The van der Waals surface area contributed by atoms with Crippen LogP contribution in [-0.4, -0.2) is 8.42 Å². The second-order valence-corrected chi connectivity index (χ2v) is 9.79. The first-order valence-electron chi connectivity index (χ1n) is 10.6. The van der Waals surface area contributed by atoms with Crippen LogP contribution in [-0.2, 0) is 22.9 Å². The van der Waals surface area contributed by atoms with Crippen molar-refractivity contribution in [2.24, 2.45) is 0 Å². The molecule has 1 aliphatic rings. The van der Waals surface area contributed by atoms with Crippen LogP contribution in [0.2, 0.25) is 0 Å². The lowest BCUT2D eigenvalue weighted by Crippen LogP contribution is -2.13. The molecule has 31 heavy (non-hydrogen) atoms. The zero-order valence-corrected chi connectivity index (χ0v) is 17.7. The van der Waals surface area contributed by atoms with Gasteiger partial charge in [-0.15, -0.1) is 0 Å². The summed E-state index contributed by atoms with van der Waals surface area (Å²) in [6.45, 7) is 0. The summed E-state index contributed by atoms with van der Waals surface area (Å²) in [5, 5.41) is 4.40. The van der Waals surface area contributed by atoms with Crippen molar-refractivity contribution >= 4 is 48.2 Å². The SMILES string of the molecule is O=S(=O)(Nc1cc2c3c(oc2c2ccccc12)CCCC3)c1cccc2ccccc12. The van der Waals surface area contributed by atoms with Crippen LogP contribution < -0.4 is 4.72 Å². The maximum Gasteiger partial charge on any atom is 0.262 e. The van der Waals surface area contributed by atoms with E-state index in [2.05, 4.69) is 4.72 Å². The number of hydrogen-bond acceptors (Lipinski definition) is 3. The molecule has 4 nitrogen and oxygen atoms in total. The predicted molar refractivity (Wildman–Crippen MR) is 125 cm³/mol. The number of nitrogens with one attached hydrogen (secondary N) is 1. The minimum atomic E-state index is -3.78. The van der Waals surface area contributed by atoms with Gasteiger partial charge in [-0.1, -0.05) is 60.7 Å². The molecule has 1 aliphatic carbocycles. The van der Waals surface area contributed by atoms with Crippen molar-refractivity contribution in [3.05, 3.63) is 84.1 Å². The Labute approximate surface area is 180 Å². The molecular formula is C26H21NO3S. The molecule has 6 rings (SSSR count). The quantitative estimate of drug-likeness (QED) is 0.361. The van der Waals surface area contributed by atoms with Gasteiger partial charge in [0.25, 0.3) is 10.0 Å². The Kier molecular flexibility index (Phi) is 4.08. The average molecular weight is 428 g/mol. The van der Waals surface area contributed by atoms with E-state index in [4.69, 9.17) is 4.42 Å². The molecule has 0 fully saturated rings. The zero-order valence-electron chi connectivity index (χ0n) is 16.9. The van der Waals surface area contributed by atoms with Crippen molar-refractivity contribution in [2.75, 3.05) is 4.72 Å². The second kappa shape index (κ2) is 6.86. The number of sulfonamides is 1. The van der Waals surface area contributed by atoms with Gasteiger partial charge in [-0.25, -0.2) is 8.42 Å². The Morgan fingerprint density at radius 1 is 0.742 bits per heavy atom. The van der Waals surface area contributed by atoms with Gasteiger partial charge in [0.2, 0.25) is 0 Å². The lowest BCUT2D eigenvalue weighted by Gasteiger charge is -2.14. The highest BCUT2D eigenvalue weighted by atomic mass is 32.2. The fourth-order valence-electron chi connectivity index (χ4n) is 4.80. The molecular weight excluding hydrogens is 406 g/mol. The predicted octanol–water partition coefficient (Wildman–Crippen LogP) is 6.42. The zero-order chi connectivity index (χ0) is 21.0. The fraction of sp³-hybridized carbons (Fsp3) is 0.154. The van der Waals surface area contributed by atoms with E-state index in [0.29, 0.717) is 11.1 Å². The molecule has 0 saturated heterocycles. The molecule has 4 aromatic carbocycles. The molecule has 0 aliphatic heterocycles. The van der Waals surface area contributed by atoms with E-state index in [0.717, 1.165) is 58.6 Å². The van der Waals surface area contributed by atoms with E-state index in [-0.39, 0.29) is 4.90 Å². The summed E-state index contributed by atoms with van der Waals surface area (Å²) in [6.07, 6.45) is 4.17. The summed E-state index contributed by atoms with van der Waals surface area (Å²) in [5.41, 5.74) is 2.67. The number of aryl methyl sites for hydroxylation is 2. The van der Waals surface area contributed by atoms with Crippen molar-refractivity contribution in [1.82, 2.24) is 0 Å². The average Bonchev–Trinajstić information content (AvgIpc) is 3.17. The molecule has 0 saturated carbocycles. The van der Waals surface area contributed by atoms with Crippen LogP contribution in [0.3, 0.4) is 0 Å². The maximum absolute atomic E-state index is 13.5. The second-order valence-electron chi connectivity index (χ2n) is 8.14. The van der Waals surface area contributed by atoms with Crippen LogP contribution >= 0.6 is 0 Å². The third-order valence-electron chi connectivity index (χ3n) is 6.25. The Morgan fingerprint density at radius 2 is 1.45 bits per heavy atom. The minimum absolute atomic E-state index is 0.281. The Bertz CT molecular complexity index is 1580. The number of furan rings is 1. The largest absolute Gasteiger partial charge is 0.460 e. The Balaban J connectivity index is 1.57. The van der Waals surface area contributed by atoms with Crippen molar-refractivity contribution in [1.29, 1.82) is 0 Å². The van der Waals surface area contributed by atoms with Gasteiger partial charge in [0, 0.05) is 33.5 Å². The lowest BCUT2D eigenvalue weighted by molar-refractivity contribution is 0.507. The molecule has 154 valence electrons. The first kappa shape index (κ1) is 18.5. The van der Waals surface area contributed by atoms with Crippen LogP contribution in [0.4, 0.5) is 5.69 Å². The smallest absolute Gasteiger partial charge is 0.262 e. The minimum Gasteiger partial charge on any atom is -0.460 e. The first-order valence-corrected chi connectivity index (χ1v) is 12.1. The van der Waals surface area contributed by atoms with Gasteiger partial charge in [0.1, 0.15) is 11.3 Å². The number of anilines is 1. The van der Waals surface area contributed by atoms with Gasteiger partial charge < -0.3 is 4.42 Å². The summed E-state index contributed by atoms with van der Waals surface area (Å²) >= 11 is 0. The monoisotopic (exact) mass is 427 g/mol. The van der Waals surface area contributed by atoms with Crippen molar-refractivity contribution in [3.63, 3.8) is 0 Å². The number of rotatable bonds is 3. The van der Waals surface area contributed by atoms with Gasteiger partial charge in [0.05, 0.1) is 10.6 Å². The molecule has 0 bridgehead atoms. The van der Waals surface area contributed by atoms with E-state index in [1.54, 1.807) is 12.1 Å². The first-order chi connectivity index (χ1) is 15.1. The molecule has 1 heterocycles. The number of hydrogen-bond donors (Lipinski definition) is 1. The third kappa shape index (κ3) is 2.92. The fourth-order valence-corrected chi connectivity index (χ4v) is 6.10. The molecule has 0 atom stereocenters. The van der Waals surface area contributed by atoms with Crippen LogP contribution in [0.15, 0.2) is 82.1 Å². The summed E-state index contributed by atoms with van der Waals surface area (Å²) in [4.78, 5) is 0.281. The van der Waals surface area contributed by atoms with Crippen molar-refractivity contribution in [2.45, 2.75) is 30.6 Å². The number of fused-ring (bicyclic) bond motifs is 6. The highest BCUT2D eigenvalue weighted by Crippen LogP contribution is 2.40. The normalized spacial score (nSPS) is 14.2. The highest BCUT2D eigenvalue weighted by molar-refractivity contribution is 7.93. The lowest BCUT2D eigenvalue weighted by atomic mass is 9.94. The van der Waals surface area contributed by atoms with E-state index >= 15 is 0 Å². The van der Waals surface area contributed by atoms with E-state index < -0.39 is 10.0 Å². The van der Waals surface area contributed by atoms with E-state index in [9.17, 15) is 8.42 Å². The maximum atomic E-state index is 13.5. The molecule has 5 heteroatoms. The van der Waals surface area contributed by atoms with Crippen molar-refractivity contribution in [3.8, 4) is 0 Å². The molecule has 0 spiro atoms. The van der Waals surface area contributed by atoms with Gasteiger partial charge >= 0.3 is 0 Å². The topological polar surface area (TPSA) is 59.3 Å². The third-order valence-corrected chi connectivity index (χ3v) is 7.67. The van der Waals surface area contributed by atoms with Crippen LogP contribution in [0.1, 0.15) is 24.2 Å². The molecule has 1 aromatic heterocycles. The van der Waals surface area contributed by atoms with Gasteiger partial charge in [0.15, 0.2) is 0 Å². The summed E-state index contributed by atoms with van der Waals surface area (Å²) in [7, 11) is -3.78. The molecule has 0 unspecified atom stereocenters. The molecule has 0 amide bonds. The highest BCUT2D eigenvalue weighted by Gasteiger charge is 2.23. The van der Waals surface area contributed by atoms with Crippen LogP contribution in [0.25, 0.3) is 32.5 Å². The Hall–Kier alpha value is -3.31. The summed E-state index contributed by atoms with van der Waals surface area (Å²) < 4.78 is 36.1. The van der Waals surface area contributed by atoms with Crippen LogP contribution in [0, 0.1) is 0 Å². The van der Waals surface area contributed by atoms with Gasteiger partial charge in [-0.3, -0.25) is 4.72 Å². The van der Waals surface area contributed by atoms with Crippen LogP contribution in [0.5, 0.6) is 0 Å².